The Balaban J connectivity index is 1.72. The molecule has 3 heterocycles. The van der Waals surface area contributed by atoms with E-state index < -0.39 is 5.91 Å². The molecule has 0 aliphatic carbocycles. The van der Waals surface area contributed by atoms with E-state index in [1.807, 2.05) is 24.0 Å². The maximum absolute atomic E-state index is 13.1. The van der Waals surface area contributed by atoms with Crippen molar-refractivity contribution in [3.05, 3.63) is 57.5 Å². The fourth-order valence-electron chi connectivity index (χ4n) is 4.15. The number of nitrogens with one attached hydrogen (secondary N) is 1. The largest absolute Gasteiger partial charge is 0.324 e. The fourth-order valence-corrected chi connectivity index (χ4v) is 4.85. The van der Waals surface area contributed by atoms with Gasteiger partial charge in [-0.2, -0.15) is 0 Å². The Morgan fingerprint density at radius 3 is 2.67 bits per heavy atom. The number of carbonyl (C=O) groups excluding carboxylic acids is 2. The maximum atomic E-state index is 13.1. The van der Waals surface area contributed by atoms with Crippen LogP contribution in [0.2, 0.25) is 10.2 Å². The number of hydrogen-bond acceptors (Lipinski definition) is 4. The number of halogens is 2. The maximum Gasteiger partial charge on any atom is 0.324 e. The molecule has 2 aromatic heterocycles. The average molecular weight is 486 g/mol. The molecule has 1 aromatic carbocycles. The summed E-state index contributed by atoms with van der Waals surface area (Å²) in [4.78, 5) is 38.5. The van der Waals surface area contributed by atoms with Gasteiger partial charge in [0.1, 0.15) is 5.15 Å². The summed E-state index contributed by atoms with van der Waals surface area (Å²) < 4.78 is 0. The molecule has 3 amide bonds. The first-order valence-electron chi connectivity index (χ1n) is 10.8. The lowest BCUT2D eigenvalue weighted by Gasteiger charge is -2.23. The molecule has 0 atom stereocenters. The molecule has 0 saturated carbocycles. The molecule has 0 spiro atoms. The van der Waals surface area contributed by atoms with Crippen molar-refractivity contribution in [1.29, 1.82) is 0 Å². The number of aromatic nitrogens is 2. The molecule has 1 aliphatic heterocycles. The molecule has 0 radical (unpaired) electrons. The minimum absolute atomic E-state index is 0.0157. The molecular weight excluding hydrogens is 461 g/mol. The Morgan fingerprint density at radius 1 is 1.21 bits per heavy atom. The molecule has 1 aliphatic rings. The van der Waals surface area contributed by atoms with Gasteiger partial charge in [0, 0.05) is 36.9 Å². The SMILES string of the molecule is Cc1cc(Cl)c(C(=O)Nc2cccc3c(N4CCN(CC(C)C)C4=O)c(C)cnc23)c(Cl)n1. The molecule has 172 valence electrons. The third-order valence-corrected chi connectivity index (χ3v) is 6.10. The standard InChI is InChI=1S/C24H25Cl2N5O2/c1-13(2)12-30-8-9-31(24(30)33)21-14(3)11-27-20-16(21)6-5-7-18(20)29-23(32)19-17(25)10-15(4)28-22(19)26/h5-7,10-11,13H,8-9,12H2,1-4H3,(H,29,32). The number of rotatable bonds is 5. The lowest BCUT2D eigenvalue weighted by atomic mass is 10.1. The zero-order valence-electron chi connectivity index (χ0n) is 18.9. The highest BCUT2D eigenvalue weighted by Gasteiger charge is 2.32. The van der Waals surface area contributed by atoms with Crippen molar-refractivity contribution < 1.29 is 9.59 Å². The van der Waals surface area contributed by atoms with Crippen LogP contribution in [-0.2, 0) is 0 Å². The van der Waals surface area contributed by atoms with Crippen LogP contribution in [0.3, 0.4) is 0 Å². The number of anilines is 2. The Morgan fingerprint density at radius 2 is 1.97 bits per heavy atom. The van der Waals surface area contributed by atoms with Gasteiger partial charge in [-0.1, -0.05) is 49.2 Å². The van der Waals surface area contributed by atoms with Gasteiger partial charge in [0.05, 0.1) is 27.5 Å². The minimum Gasteiger partial charge on any atom is -0.322 e. The normalized spacial score (nSPS) is 14.0. The van der Waals surface area contributed by atoms with Crippen molar-refractivity contribution in [2.24, 2.45) is 5.92 Å². The van der Waals surface area contributed by atoms with Gasteiger partial charge in [0.2, 0.25) is 0 Å². The highest BCUT2D eigenvalue weighted by atomic mass is 35.5. The van der Waals surface area contributed by atoms with E-state index in [0.29, 0.717) is 42.5 Å². The first-order valence-corrected chi connectivity index (χ1v) is 11.5. The van der Waals surface area contributed by atoms with Crippen LogP contribution in [0.1, 0.15) is 35.5 Å². The van der Waals surface area contributed by atoms with Crippen LogP contribution in [-0.4, -0.2) is 46.4 Å². The van der Waals surface area contributed by atoms with Crippen LogP contribution in [0, 0.1) is 19.8 Å². The van der Waals surface area contributed by atoms with E-state index in [1.54, 1.807) is 30.2 Å². The van der Waals surface area contributed by atoms with E-state index in [-0.39, 0.29) is 21.8 Å². The molecule has 1 saturated heterocycles. The van der Waals surface area contributed by atoms with Crippen LogP contribution in [0.15, 0.2) is 30.5 Å². The highest BCUT2D eigenvalue weighted by molar-refractivity contribution is 6.39. The Labute approximate surface area is 202 Å². The van der Waals surface area contributed by atoms with Gasteiger partial charge in [-0.05, 0) is 37.5 Å². The Hall–Kier alpha value is -2.90. The van der Waals surface area contributed by atoms with Crippen molar-refractivity contribution >= 4 is 57.4 Å². The molecular formula is C24H25Cl2N5O2. The van der Waals surface area contributed by atoms with E-state index in [1.165, 1.54) is 0 Å². The zero-order valence-corrected chi connectivity index (χ0v) is 20.5. The molecule has 1 N–H and O–H groups in total. The van der Waals surface area contributed by atoms with Gasteiger partial charge in [0.15, 0.2) is 0 Å². The van der Waals surface area contributed by atoms with Crippen LogP contribution >= 0.6 is 23.2 Å². The Bertz CT molecular complexity index is 1240. The minimum atomic E-state index is -0.478. The fraction of sp³-hybridized carbons (Fsp3) is 0.333. The van der Waals surface area contributed by atoms with Gasteiger partial charge >= 0.3 is 6.03 Å². The number of para-hydroxylation sites is 1. The number of aryl methyl sites for hydroxylation is 2. The third-order valence-electron chi connectivity index (χ3n) is 5.53. The summed E-state index contributed by atoms with van der Waals surface area (Å²) in [5.74, 6) is -0.0878. The predicted molar refractivity (Wildman–Crippen MR) is 133 cm³/mol. The average Bonchev–Trinajstić information content (AvgIpc) is 3.06. The summed E-state index contributed by atoms with van der Waals surface area (Å²) in [6.45, 7) is 9.87. The molecule has 1 fully saturated rings. The number of pyridine rings is 2. The quantitative estimate of drug-likeness (QED) is 0.469. The first-order chi connectivity index (χ1) is 15.7. The second-order valence-corrected chi connectivity index (χ2v) is 9.40. The van der Waals surface area contributed by atoms with E-state index in [0.717, 1.165) is 16.6 Å². The molecule has 7 nitrogen and oxygen atoms in total. The highest BCUT2D eigenvalue weighted by Crippen LogP contribution is 2.35. The van der Waals surface area contributed by atoms with E-state index in [4.69, 9.17) is 23.2 Å². The number of urea groups is 1. The van der Waals surface area contributed by atoms with Crippen LogP contribution in [0.5, 0.6) is 0 Å². The molecule has 0 bridgehead atoms. The Kier molecular flexibility index (Phi) is 6.45. The summed E-state index contributed by atoms with van der Waals surface area (Å²) in [7, 11) is 0. The van der Waals surface area contributed by atoms with E-state index >= 15 is 0 Å². The number of fused-ring (bicyclic) bond motifs is 1. The third kappa shape index (κ3) is 4.48. The smallest absolute Gasteiger partial charge is 0.322 e. The van der Waals surface area contributed by atoms with Crippen molar-refractivity contribution in [2.45, 2.75) is 27.7 Å². The van der Waals surface area contributed by atoms with Crippen molar-refractivity contribution in [3.63, 3.8) is 0 Å². The van der Waals surface area contributed by atoms with Gasteiger partial charge in [-0.25, -0.2) is 9.78 Å². The topological polar surface area (TPSA) is 78.4 Å². The summed E-state index contributed by atoms with van der Waals surface area (Å²) in [5, 5.41) is 3.91. The lowest BCUT2D eigenvalue weighted by Crippen LogP contribution is -2.34. The second-order valence-electron chi connectivity index (χ2n) is 8.63. The molecule has 3 aromatic rings. The van der Waals surface area contributed by atoms with E-state index in [2.05, 4.69) is 29.1 Å². The number of nitrogens with zero attached hydrogens (tertiary/aromatic N) is 4. The number of benzene rings is 1. The van der Waals surface area contributed by atoms with Gasteiger partial charge in [-0.15, -0.1) is 0 Å². The van der Waals surface area contributed by atoms with Gasteiger partial charge in [-0.3, -0.25) is 14.7 Å². The number of carbonyl (C=O) groups is 2. The van der Waals surface area contributed by atoms with Crippen molar-refractivity contribution in [1.82, 2.24) is 14.9 Å². The van der Waals surface area contributed by atoms with Crippen LogP contribution in [0.4, 0.5) is 16.2 Å². The first kappa shape index (κ1) is 23.3. The summed E-state index contributed by atoms with van der Waals surface area (Å²) in [6.07, 6.45) is 1.72. The molecule has 33 heavy (non-hydrogen) atoms. The van der Waals surface area contributed by atoms with Crippen molar-refractivity contribution in [3.8, 4) is 0 Å². The summed E-state index contributed by atoms with van der Waals surface area (Å²) in [6, 6.07) is 7.07. The number of amides is 3. The van der Waals surface area contributed by atoms with Crippen molar-refractivity contribution in [2.75, 3.05) is 29.9 Å². The lowest BCUT2D eigenvalue weighted by molar-refractivity contribution is 0.102. The second kappa shape index (κ2) is 9.15. The summed E-state index contributed by atoms with van der Waals surface area (Å²) in [5.41, 5.74) is 3.49. The summed E-state index contributed by atoms with van der Waals surface area (Å²) >= 11 is 12.5. The predicted octanol–water partition coefficient (Wildman–Crippen LogP) is 5.70. The monoisotopic (exact) mass is 485 g/mol. The van der Waals surface area contributed by atoms with Gasteiger partial charge in [0.25, 0.3) is 5.91 Å². The zero-order chi connectivity index (χ0) is 23.9. The van der Waals surface area contributed by atoms with Gasteiger partial charge < -0.3 is 10.2 Å². The molecule has 4 rings (SSSR count). The number of hydrogen-bond donors (Lipinski definition) is 1. The molecule has 9 heteroatoms. The molecule has 0 unspecified atom stereocenters. The van der Waals surface area contributed by atoms with E-state index in [9.17, 15) is 9.59 Å². The van der Waals surface area contributed by atoms with Crippen LogP contribution < -0.4 is 10.2 Å². The van der Waals surface area contributed by atoms with Crippen LogP contribution in [0.25, 0.3) is 10.9 Å².